The molecule has 0 saturated carbocycles. The van der Waals surface area contributed by atoms with E-state index >= 15 is 0 Å². The molecule has 0 saturated heterocycles. The third-order valence-electron chi connectivity index (χ3n) is 3.83. The van der Waals surface area contributed by atoms with E-state index in [9.17, 15) is 0 Å². The predicted molar refractivity (Wildman–Crippen MR) is 83.2 cm³/mol. The fourth-order valence-corrected chi connectivity index (χ4v) is 2.66. The molecule has 0 bridgehead atoms. The molecule has 0 spiro atoms. The summed E-state index contributed by atoms with van der Waals surface area (Å²) in [7, 11) is 0. The molecule has 104 valence electrons. The van der Waals surface area contributed by atoms with Gasteiger partial charge in [0.2, 0.25) is 0 Å². The standard InChI is InChI=1S/C18H30.Na.H/c1-3-5-7-10-14-17(13-9-6-4-2)18-15-11-8-12-16-18;;/h8,11-12,15-17H,3-7,9-10,13-14H2,1-2H3;;/q;+1;-1. The van der Waals surface area contributed by atoms with E-state index in [1.165, 1.54) is 57.8 Å². The van der Waals surface area contributed by atoms with Crippen LogP contribution in [-0.4, -0.2) is 0 Å². The van der Waals surface area contributed by atoms with Gasteiger partial charge in [-0.1, -0.05) is 89.1 Å². The van der Waals surface area contributed by atoms with Crippen molar-refractivity contribution in [1.29, 1.82) is 0 Å². The molecule has 1 unspecified atom stereocenters. The summed E-state index contributed by atoms with van der Waals surface area (Å²) in [6.45, 7) is 4.58. The molecule has 1 heteroatoms. The third-order valence-corrected chi connectivity index (χ3v) is 3.83. The van der Waals surface area contributed by atoms with Gasteiger partial charge in [-0.05, 0) is 24.3 Å². The summed E-state index contributed by atoms with van der Waals surface area (Å²) in [5.74, 6) is 0.801. The van der Waals surface area contributed by atoms with E-state index in [0.717, 1.165) is 5.92 Å². The summed E-state index contributed by atoms with van der Waals surface area (Å²) in [4.78, 5) is 0. The molecule has 0 aliphatic rings. The Kier molecular flexibility index (Phi) is 13.4. The van der Waals surface area contributed by atoms with E-state index in [0.29, 0.717) is 0 Å². The summed E-state index contributed by atoms with van der Waals surface area (Å²) >= 11 is 0. The fraction of sp³-hybridized carbons (Fsp3) is 0.667. The van der Waals surface area contributed by atoms with Crippen LogP contribution in [-0.2, 0) is 0 Å². The second kappa shape index (κ2) is 13.2. The zero-order valence-corrected chi connectivity index (χ0v) is 15.3. The second-order valence-corrected chi connectivity index (χ2v) is 5.45. The van der Waals surface area contributed by atoms with Gasteiger partial charge in [-0.15, -0.1) is 0 Å². The van der Waals surface area contributed by atoms with E-state index in [1.807, 2.05) is 0 Å². The summed E-state index contributed by atoms with van der Waals surface area (Å²) < 4.78 is 0. The minimum absolute atomic E-state index is 0. The zero-order chi connectivity index (χ0) is 13.1. The first-order valence-corrected chi connectivity index (χ1v) is 7.93. The van der Waals surface area contributed by atoms with E-state index in [4.69, 9.17) is 0 Å². The molecule has 0 aliphatic carbocycles. The molecular weight excluding hydrogens is 239 g/mol. The Labute approximate surface area is 144 Å². The Bertz CT molecular complexity index is 287. The number of hydrogen-bond acceptors (Lipinski definition) is 0. The van der Waals surface area contributed by atoms with Crippen LogP contribution in [0.3, 0.4) is 0 Å². The first kappa shape index (κ1) is 19.2. The maximum Gasteiger partial charge on any atom is 1.00 e. The smallest absolute Gasteiger partial charge is 1.00 e. The Morgan fingerprint density at radius 1 is 0.789 bits per heavy atom. The van der Waals surface area contributed by atoms with Crippen molar-refractivity contribution in [3.05, 3.63) is 35.9 Å². The van der Waals surface area contributed by atoms with E-state index < -0.39 is 0 Å². The Balaban J connectivity index is 0. The van der Waals surface area contributed by atoms with Crippen LogP contribution in [0.5, 0.6) is 0 Å². The van der Waals surface area contributed by atoms with Gasteiger partial charge in [-0.2, -0.15) is 0 Å². The van der Waals surface area contributed by atoms with Crippen LogP contribution in [0.4, 0.5) is 0 Å². The van der Waals surface area contributed by atoms with Crippen LogP contribution in [0.2, 0.25) is 0 Å². The topological polar surface area (TPSA) is 0 Å². The van der Waals surface area contributed by atoms with Crippen molar-refractivity contribution in [2.24, 2.45) is 0 Å². The van der Waals surface area contributed by atoms with Crippen molar-refractivity contribution < 1.29 is 31.0 Å². The second-order valence-electron chi connectivity index (χ2n) is 5.45. The van der Waals surface area contributed by atoms with Gasteiger partial charge >= 0.3 is 29.6 Å². The van der Waals surface area contributed by atoms with Crippen molar-refractivity contribution >= 4 is 0 Å². The molecule has 1 aromatic rings. The van der Waals surface area contributed by atoms with E-state index in [1.54, 1.807) is 5.56 Å². The van der Waals surface area contributed by atoms with Crippen LogP contribution >= 0.6 is 0 Å². The minimum Gasteiger partial charge on any atom is -1.00 e. The zero-order valence-electron chi connectivity index (χ0n) is 14.3. The Hall–Kier alpha value is 0.220. The first-order chi connectivity index (χ1) is 8.88. The fourth-order valence-electron chi connectivity index (χ4n) is 2.66. The van der Waals surface area contributed by atoms with Crippen LogP contribution in [0.15, 0.2) is 30.3 Å². The number of benzene rings is 1. The summed E-state index contributed by atoms with van der Waals surface area (Å²) in [5.41, 5.74) is 1.56. The van der Waals surface area contributed by atoms with Crippen molar-refractivity contribution in [2.45, 2.75) is 77.6 Å². The van der Waals surface area contributed by atoms with Crippen LogP contribution in [0.25, 0.3) is 0 Å². The van der Waals surface area contributed by atoms with Gasteiger partial charge in [-0.25, -0.2) is 0 Å². The molecule has 0 nitrogen and oxygen atoms in total. The molecule has 0 radical (unpaired) electrons. The molecule has 0 N–H and O–H groups in total. The predicted octanol–water partition coefficient (Wildman–Crippen LogP) is 3.44. The average Bonchev–Trinajstić information content (AvgIpc) is 2.42. The number of hydrogen-bond donors (Lipinski definition) is 0. The van der Waals surface area contributed by atoms with Gasteiger partial charge in [0, 0.05) is 0 Å². The molecular formula is C18H31Na. The maximum atomic E-state index is 2.32. The number of unbranched alkanes of at least 4 members (excludes halogenated alkanes) is 5. The van der Waals surface area contributed by atoms with Crippen LogP contribution in [0, 0.1) is 0 Å². The molecule has 1 rings (SSSR count). The molecule has 19 heavy (non-hydrogen) atoms. The Morgan fingerprint density at radius 2 is 1.32 bits per heavy atom. The van der Waals surface area contributed by atoms with Crippen LogP contribution in [0.1, 0.15) is 84.5 Å². The van der Waals surface area contributed by atoms with Crippen molar-refractivity contribution in [1.82, 2.24) is 0 Å². The maximum absolute atomic E-state index is 2.32. The molecule has 0 amide bonds. The summed E-state index contributed by atoms with van der Waals surface area (Å²) in [5, 5.41) is 0. The minimum atomic E-state index is 0. The van der Waals surface area contributed by atoms with Crippen molar-refractivity contribution in [2.75, 3.05) is 0 Å². The van der Waals surface area contributed by atoms with Gasteiger partial charge in [0.1, 0.15) is 0 Å². The molecule has 1 aromatic carbocycles. The van der Waals surface area contributed by atoms with Crippen LogP contribution < -0.4 is 29.6 Å². The van der Waals surface area contributed by atoms with Gasteiger partial charge < -0.3 is 1.43 Å². The third kappa shape index (κ3) is 8.89. The van der Waals surface area contributed by atoms with Gasteiger partial charge in [0.25, 0.3) is 0 Å². The summed E-state index contributed by atoms with van der Waals surface area (Å²) in [6, 6.07) is 11.1. The first-order valence-electron chi connectivity index (χ1n) is 7.93. The van der Waals surface area contributed by atoms with E-state index in [2.05, 4.69) is 44.2 Å². The molecule has 0 fully saturated rings. The number of rotatable bonds is 10. The molecule has 0 aliphatic heterocycles. The van der Waals surface area contributed by atoms with Gasteiger partial charge in [0.05, 0.1) is 0 Å². The SMILES string of the molecule is CCCCCCC(CCCCC)c1ccccc1.[H-].[Na+]. The Morgan fingerprint density at radius 3 is 1.89 bits per heavy atom. The normalized spacial score (nSPS) is 11.9. The van der Waals surface area contributed by atoms with Crippen molar-refractivity contribution in [3.8, 4) is 0 Å². The quantitative estimate of drug-likeness (QED) is 0.451. The molecule has 1 atom stereocenters. The molecule has 0 aromatic heterocycles. The molecule has 0 heterocycles. The van der Waals surface area contributed by atoms with Crippen molar-refractivity contribution in [3.63, 3.8) is 0 Å². The monoisotopic (exact) mass is 270 g/mol. The van der Waals surface area contributed by atoms with Gasteiger partial charge in [0.15, 0.2) is 0 Å². The van der Waals surface area contributed by atoms with E-state index in [-0.39, 0.29) is 31.0 Å². The largest absolute Gasteiger partial charge is 1.00 e. The van der Waals surface area contributed by atoms with Gasteiger partial charge in [-0.3, -0.25) is 0 Å². The summed E-state index contributed by atoms with van der Waals surface area (Å²) in [6.07, 6.45) is 12.4. The average molecular weight is 270 g/mol.